The third kappa shape index (κ3) is 2.52. The highest BCUT2D eigenvalue weighted by molar-refractivity contribution is 5.84. The van der Waals surface area contributed by atoms with Crippen LogP contribution in [0.5, 0.6) is 5.75 Å². The first-order valence-corrected chi connectivity index (χ1v) is 6.41. The summed E-state index contributed by atoms with van der Waals surface area (Å²) >= 11 is 0. The van der Waals surface area contributed by atoms with Gasteiger partial charge >= 0.3 is 11.7 Å². The van der Waals surface area contributed by atoms with Gasteiger partial charge in [0, 0.05) is 17.8 Å². The Balaban J connectivity index is 2.27. The number of carbonyl (C=O) groups is 1. The molecule has 2 rings (SSSR count). The van der Waals surface area contributed by atoms with Crippen molar-refractivity contribution in [3.05, 3.63) is 28.3 Å². The fourth-order valence-electron chi connectivity index (χ4n) is 2.21. The molecule has 7 heteroatoms. The van der Waals surface area contributed by atoms with Crippen LogP contribution in [-0.4, -0.2) is 28.1 Å². The van der Waals surface area contributed by atoms with Crippen LogP contribution in [0, 0.1) is 10.1 Å². The average Bonchev–Trinajstić information content (AvgIpc) is 2.33. The van der Waals surface area contributed by atoms with Crippen LogP contribution < -0.4 is 10.1 Å². The first kappa shape index (κ1) is 14.1. The van der Waals surface area contributed by atoms with Gasteiger partial charge in [-0.1, -0.05) is 0 Å². The molecule has 7 nitrogen and oxygen atoms in total. The summed E-state index contributed by atoms with van der Waals surface area (Å²) in [5, 5.41) is 23.1. The van der Waals surface area contributed by atoms with E-state index >= 15 is 0 Å². The smallest absolute Gasteiger partial charge is 0.329 e. The molecule has 1 saturated carbocycles. The van der Waals surface area contributed by atoms with Crippen LogP contribution in [0.3, 0.4) is 0 Å². The van der Waals surface area contributed by atoms with Crippen molar-refractivity contribution in [1.82, 2.24) is 0 Å². The number of carboxylic acids is 1. The Morgan fingerprint density at radius 3 is 2.70 bits per heavy atom. The SMILES string of the molecule is CCOc1cc(NC2(C(=O)O)CCC2)ccc1[N+](=O)[O-]. The lowest BCUT2D eigenvalue weighted by Gasteiger charge is -2.39. The third-order valence-corrected chi connectivity index (χ3v) is 3.46. The fourth-order valence-corrected chi connectivity index (χ4v) is 2.21. The Hall–Kier alpha value is -2.31. The Kier molecular flexibility index (Phi) is 3.78. The van der Waals surface area contributed by atoms with Crippen molar-refractivity contribution < 1.29 is 19.6 Å². The van der Waals surface area contributed by atoms with Crippen LogP contribution in [0.25, 0.3) is 0 Å². The average molecular weight is 280 g/mol. The Morgan fingerprint density at radius 2 is 2.25 bits per heavy atom. The molecule has 108 valence electrons. The van der Waals surface area contributed by atoms with Crippen LogP contribution in [0.1, 0.15) is 26.2 Å². The number of benzene rings is 1. The Labute approximate surface area is 115 Å². The van der Waals surface area contributed by atoms with Crippen molar-refractivity contribution in [2.24, 2.45) is 0 Å². The van der Waals surface area contributed by atoms with Gasteiger partial charge in [0.2, 0.25) is 0 Å². The van der Waals surface area contributed by atoms with E-state index in [9.17, 15) is 20.0 Å². The summed E-state index contributed by atoms with van der Waals surface area (Å²) in [4.78, 5) is 21.6. The van der Waals surface area contributed by atoms with Gasteiger partial charge in [0.1, 0.15) is 5.54 Å². The molecule has 0 atom stereocenters. The van der Waals surface area contributed by atoms with Gasteiger partial charge in [-0.05, 0) is 32.3 Å². The van der Waals surface area contributed by atoms with Gasteiger partial charge in [0.05, 0.1) is 11.5 Å². The van der Waals surface area contributed by atoms with Gasteiger partial charge in [-0.3, -0.25) is 10.1 Å². The molecule has 1 fully saturated rings. The summed E-state index contributed by atoms with van der Waals surface area (Å²) in [6.45, 7) is 2.03. The number of hydrogen-bond acceptors (Lipinski definition) is 5. The van der Waals surface area contributed by atoms with Crippen LogP contribution in [0.2, 0.25) is 0 Å². The molecule has 0 heterocycles. The minimum Gasteiger partial charge on any atom is -0.487 e. The number of anilines is 1. The van der Waals surface area contributed by atoms with E-state index < -0.39 is 16.4 Å². The lowest BCUT2D eigenvalue weighted by Crippen LogP contribution is -2.52. The van der Waals surface area contributed by atoms with Crippen molar-refractivity contribution >= 4 is 17.3 Å². The largest absolute Gasteiger partial charge is 0.487 e. The zero-order valence-electron chi connectivity index (χ0n) is 11.1. The molecule has 0 unspecified atom stereocenters. The number of nitrogens with zero attached hydrogens (tertiary/aromatic N) is 1. The van der Waals surface area contributed by atoms with E-state index in [4.69, 9.17) is 4.74 Å². The van der Waals surface area contributed by atoms with E-state index in [2.05, 4.69) is 5.32 Å². The molecule has 0 radical (unpaired) electrons. The second-order valence-corrected chi connectivity index (χ2v) is 4.74. The summed E-state index contributed by atoms with van der Waals surface area (Å²) in [7, 11) is 0. The quantitative estimate of drug-likeness (QED) is 0.613. The number of carboxylic acid groups (broad SMARTS) is 1. The molecule has 0 spiro atoms. The number of aliphatic carboxylic acids is 1. The highest BCUT2D eigenvalue weighted by Crippen LogP contribution is 2.38. The summed E-state index contributed by atoms with van der Waals surface area (Å²) in [6.07, 6.45) is 1.94. The zero-order valence-corrected chi connectivity index (χ0v) is 11.1. The molecule has 0 bridgehead atoms. The topological polar surface area (TPSA) is 102 Å². The van der Waals surface area contributed by atoms with E-state index in [1.807, 2.05) is 0 Å². The number of nitrogens with one attached hydrogen (secondary N) is 1. The molecule has 20 heavy (non-hydrogen) atoms. The predicted octanol–water partition coefficient (Wildman–Crippen LogP) is 2.41. The maximum atomic E-state index is 11.3. The van der Waals surface area contributed by atoms with Crippen molar-refractivity contribution in [3.63, 3.8) is 0 Å². The summed E-state index contributed by atoms with van der Waals surface area (Å²) in [5.41, 5.74) is -0.573. The molecule has 0 aromatic heterocycles. The molecule has 0 saturated heterocycles. The lowest BCUT2D eigenvalue weighted by molar-refractivity contribution is -0.385. The van der Waals surface area contributed by atoms with E-state index in [0.29, 0.717) is 25.1 Å². The first-order chi connectivity index (χ1) is 9.48. The Morgan fingerprint density at radius 1 is 1.55 bits per heavy atom. The van der Waals surface area contributed by atoms with E-state index in [-0.39, 0.29) is 11.4 Å². The van der Waals surface area contributed by atoms with E-state index in [0.717, 1.165) is 6.42 Å². The molecular weight excluding hydrogens is 264 g/mol. The third-order valence-electron chi connectivity index (χ3n) is 3.46. The molecule has 0 aliphatic heterocycles. The van der Waals surface area contributed by atoms with E-state index in [1.165, 1.54) is 18.2 Å². The second-order valence-electron chi connectivity index (χ2n) is 4.74. The minimum atomic E-state index is -0.959. The van der Waals surface area contributed by atoms with Gasteiger partial charge in [0.25, 0.3) is 0 Å². The molecule has 0 amide bonds. The second kappa shape index (κ2) is 5.36. The van der Waals surface area contributed by atoms with Crippen LogP contribution in [-0.2, 0) is 4.79 Å². The van der Waals surface area contributed by atoms with Gasteiger partial charge in [0.15, 0.2) is 5.75 Å². The molecule has 1 aliphatic carbocycles. The fraction of sp³-hybridized carbons (Fsp3) is 0.462. The van der Waals surface area contributed by atoms with Gasteiger partial charge in [-0.15, -0.1) is 0 Å². The summed E-state index contributed by atoms with van der Waals surface area (Å²) < 4.78 is 5.24. The first-order valence-electron chi connectivity index (χ1n) is 6.41. The maximum Gasteiger partial charge on any atom is 0.329 e. The normalized spacial score (nSPS) is 16.1. The molecule has 1 aromatic carbocycles. The lowest BCUT2D eigenvalue weighted by atomic mass is 9.76. The predicted molar refractivity (Wildman–Crippen MR) is 72.1 cm³/mol. The van der Waals surface area contributed by atoms with Crippen LogP contribution in [0.4, 0.5) is 11.4 Å². The highest BCUT2D eigenvalue weighted by Gasteiger charge is 2.44. The minimum absolute atomic E-state index is 0.129. The standard InChI is InChI=1S/C13H16N2O5/c1-2-20-11-8-9(4-5-10(11)15(18)19)14-13(12(16)17)6-3-7-13/h4-5,8,14H,2-3,6-7H2,1H3,(H,16,17). The van der Waals surface area contributed by atoms with Crippen LogP contribution >= 0.6 is 0 Å². The van der Waals surface area contributed by atoms with Crippen molar-refractivity contribution in [2.45, 2.75) is 31.7 Å². The number of ether oxygens (including phenoxy) is 1. The number of nitro groups is 1. The molecular formula is C13H16N2O5. The zero-order chi connectivity index (χ0) is 14.8. The van der Waals surface area contributed by atoms with Crippen molar-refractivity contribution in [3.8, 4) is 5.75 Å². The number of hydrogen-bond donors (Lipinski definition) is 2. The summed E-state index contributed by atoms with van der Waals surface area (Å²) in [5.74, 6) is -0.762. The highest BCUT2D eigenvalue weighted by atomic mass is 16.6. The molecule has 2 N–H and O–H groups in total. The van der Waals surface area contributed by atoms with Crippen molar-refractivity contribution in [1.29, 1.82) is 0 Å². The monoisotopic (exact) mass is 280 g/mol. The molecule has 1 aliphatic rings. The summed E-state index contributed by atoms with van der Waals surface area (Å²) in [6, 6.07) is 4.30. The Bertz CT molecular complexity index is 540. The van der Waals surface area contributed by atoms with E-state index in [1.54, 1.807) is 6.92 Å². The maximum absolute atomic E-state index is 11.3. The van der Waals surface area contributed by atoms with Gasteiger partial charge < -0.3 is 15.2 Å². The number of nitro benzene ring substituents is 1. The van der Waals surface area contributed by atoms with Gasteiger partial charge in [-0.2, -0.15) is 0 Å². The van der Waals surface area contributed by atoms with Gasteiger partial charge in [-0.25, -0.2) is 4.79 Å². The number of rotatable bonds is 6. The van der Waals surface area contributed by atoms with Crippen LogP contribution in [0.15, 0.2) is 18.2 Å². The van der Waals surface area contributed by atoms with Crippen molar-refractivity contribution in [2.75, 3.05) is 11.9 Å². The molecule has 1 aromatic rings.